The van der Waals surface area contributed by atoms with Gasteiger partial charge in [-0.1, -0.05) is 32.9 Å². The first-order chi connectivity index (χ1) is 14.3. The molecule has 1 aliphatic rings. The van der Waals surface area contributed by atoms with Crippen molar-refractivity contribution in [2.45, 2.75) is 58.9 Å². The molecular weight excluding hydrogens is 388 g/mol. The van der Waals surface area contributed by atoms with E-state index in [1.807, 2.05) is 19.1 Å². The molecular formula is C21H26N4O5. The Morgan fingerprint density at radius 3 is 2.30 bits per heavy atom. The highest BCUT2D eigenvalue weighted by Gasteiger charge is 2.32. The Morgan fingerprint density at radius 2 is 1.73 bits per heavy atom. The molecule has 2 aromatic rings. The van der Waals surface area contributed by atoms with Gasteiger partial charge in [-0.2, -0.15) is 5.10 Å². The molecule has 9 nitrogen and oxygen atoms in total. The molecule has 1 aromatic heterocycles. The lowest BCUT2D eigenvalue weighted by Gasteiger charge is -2.17. The van der Waals surface area contributed by atoms with Crippen molar-refractivity contribution in [2.24, 2.45) is 5.92 Å². The molecule has 1 aliphatic heterocycles. The number of hydrogen-bond acceptors (Lipinski definition) is 6. The summed E-state index contributed by atoms with van der Waals surface area (Å²) in [6.45, 7) is 6.16. The SMILES string of the molecule is CCC(C(C)C)n1ncn(-c2ccc(CCC(=O)ON3C(=O)CCC3=O)cc2)c1=O. The maximum absolute atomic E-state index is 12.7. The van der Waals surface area contributed by atoms with Gasteiger partial charge >= 0.3 is 11.7 Å². The Balaban J connectivity index is 1.62. The highest BCUT2D eigenvalue weighted by atomic mass is 16.7. The van der Waals surface area contributed by atoms with Gasteiger partial charge in [-0.25, -0.2) is 18.8 Å². The van der Waals surface area contributed by atoms with Gasteiger partial charge in [0, 0.05) is 12.8 Å². The average molecular weight is 414 g/mol. The summed E-state index contributed by atoms with van der Waals surface area (Å²) in [7, 11) is 0. The number of amides is 2. The molecule has 1 fully saturated rings. The predicted molar refractivity (Wildman–Crippen MR) is 107 cm³/mol. The fraction of sp³-hybridized carbons (Fsp3) is 0.476. The number of carbonyl (C=O) groups excluding carboxylic acids is 3. The zero-order valence-corrected chi connectivity index (χ0v) is 17.4. The molecule has 1 aromatic carbocycles. The summed E-state index contributed by atoms with van der Waals surface area (Å²) < 4.78 is 3.02. The average Bonchev–Trinajstić information content (AvgIpc) is 3.24. The summed E-state index contributed by atoms with van der Waals surface area (Å²) in [6.07, 6.45) is 2.89. The molecule has 0 radical (unpaired) electrons. The van der Waals surface area contributed by atoms with Crippen LogP contribution < -0.4 is 5.69 Å². The number of rotatable bonds is 8. The van der Waals surface area contributed by atoms with E-state index in [1.165, 1.54) is 15.6 Å². The Hall–Kier alpha value is -3.23. The van der Waals surface area contributed by atoms with Gasteiger partial charge < -0.3 is 4.84 Å². The first kappa shape index (κ1) is 21.5. The summed E-state index contributed by atoms with van der Waals surface area (Å²) in [5, 5.41) is 4.83. The minimum absolute atomic E-state index is 0.0286. The lowest BCUT2D eigenvalue weighted by molar-refractivity contribution is -0.197. The van der Waals surface area contributed by atoms with Gasteiger partial charge in [-0.3, -0.25) is 9.59 Å². The summed E-state index contributed by atoms with van der Waals surface area (Å²) in [6, 6.07) is 7.25. The van der Waals surface area contributed by atoms with Gasteiger partial charge in [0.05, 0.1) is 18.2 Å². The van der Waals surface area contributed by atoms with E-state index in [-0.39, 0.29) is 31.0 Å². The Kier molecular flexibility index (Phi) is 6.49. The minimum atomic E-state index is -0.639. The van der Waals surface area contributed by atoms with Gasteiger partial charge in [0.2, 0.25) is 0 Å². The summed E-state index contributed by atoms with van der Waals surface area (Å²) in [5.74, 6) is -1.33. The second kappa shape index (κ2) is 9.06. The van der Waals surface area contributed by atoms with Gasteiger partial charge in [0.25, 0.3) is 11.8 Å². The standard InChI is InChI=1S/C21H26N4O5/c1-4-17(14(2)3)24-21(29)23(13-22-24)16-8-5-15(6-9-16)7-12-20(28)30-25-18(26)10-11-19(25)27/h5-6,8-9,13-14,17H,4,7,10-12H2,1-3H3. The van der Waals surface area contributed by atoms with Crippen LogP contribution in [0.25, 0.3) is 5.69 Å². The van der Waals surface area contributed by atoms with Crippen molar-refractivity contribution in [3.63, 3.8) is 0 Å². The van der Waals surface area contributed by atoms with E-state index in [4.69, 9.17) is 4.84 Å². The third-order valence-corrected chi connectivity index (χ3v) is 5.23. The van der Waals surface area contributed by atoms with Crippen molar-refractivity contribution in [1.82, 2.24) is 19.4 Å². The summed E-state index contributed by atoms with van der Waals surface area (Å²) in [4.78, 5) is 52.5. The summed E-state index contributed by atoms with van der Waals surface area (Å²) >= 11 is 0. The molecule has 30 heavy (non-hydrogen) atoms. The first-order valence-corrected chi connectivity index (χ1v) is 10.1. The van der Waals surface area contributed by atoms with Crippen molar-refractivity contribution in [1.29, 1.82) is 0 Å². The molecule has 3 rings (SSSR count). The second-order valence-electron chi connectivity index (χ2n) is 7.66. The van der Waals surface area contributed by atoms with Crippen LogP contribution in [0.3, 0.4) is 0 Å². The number of hydroxylamine groups is 2. The number of hydrogen-bond donors (Lipinski definition) is 0. The van der Waals surface area contributed by atoms with Crippen LogP contribution in [-0.2, 0) is 25.6 Å². The Labute approximate surface area is 174 Å². The van der Waals surface area contributed by atoms with Gasteiger partial charge in [0.1, 0.15) is 6.33 Å². The normalized spacial score (nSPS) is 15.1. The van der Waals surface area contributed by atoms with E-state index in [2.05, 4.69) is 18.9 Å². The van der Waals surface area contributed by atoms with Gasteiger partial charge in [0.15, 0.2) is 0 Å². The Morgan fingerprint density at radius 1 is 1.10 bits per heavy atom. The van der Waals surface area contributed by atoms with Gasteiger partial charge in [-0.15, -0.1) is 5.06 Å². The van der Waals surface area contributed by atoms with E-state index in [1.54, 1.807) is 12.1 Å². The van der Waals surface area contributed by atoms with Crippen LogP contribution in [0.1, 0.15) is 58.1 Å². The lowest BCUT2D eigenvalue weighted by atomic mass is 10.0. The van der Waals surface area contributed by atoms with Crippen LogP contribution in [0.5, 0.6) is 0 Å². The molecule has 1 unspecified atom stereocenters. The van der Waals surface area contributed by atoms with Gasteiger partial charge in [-0.05, 0) is 36.5 Å². The fourth-order valence-electron chi connectivity index (χ4n) is 3.52. The summed E-state index contributed by atoms with van der Waals surface area (Å²) in [5.41, 5.74) is 1.36. The number of benzene rings is 1. The smallest absolute Gasteiger partial charge is 0.330 e. The molecule has 0 spiro atoms. The number of nitrogens with zero attached hydrogens (tertiary/aromatic N) is 4. The van der Waals surface area contributed by atoms with Crippen molar-refractivity contribution in [2.75, 3.05) is 0 Å². The molecule has 0 bridgehead atoms. The number of aryl methyl sites for hydroxylation is 1. The van der Waals surface area contributed by atoms with E-state index >= 15 is 0 Å². The zero-order valence-electron chi connectivity index (χ0n) is 17.4. The molecule has 1 saturated heterocycles. The number of carbonyl (C=O) groups is 3. The van der Waals surface area contributed by atoms with E-state index in [0.29, 0.717) is 23.1 Å². The lowest BCUT2D eigenvalue weighted by Crippen LogP contribution is -2.32. The van der Waals surface area contributed by atoms with Crippen LogP contribution in [0.4, 0.5) is 0 Å². The molecule has 9 heteroatoms. The molecule has 1 atom stereocenters. The largest absolute Gasteiger partial charge is 0.350 e. The monoisotopic (exact) mass is 414 g/mol. The fourth-order valence-corrected chi connectivity index (χ4v) is 3.52. The zero-order chi connectivity index (χ0) is 21.8. The topological polar surface area (TPSA) is 104 Å². The van der Waals surface area contributed by atoms with Crippen molar-refractivity contribution in [3.8, 4) is 5.69 Å². The third-order valence-electron chi connectivity index (χ3n) is 5.23. The van der Waals surface area contributed by atoms with E-state index in [9.17, 15) is 19.2 Å². The molecule has 0 aliphatic carbocycles. The highest BCUT2D eigenvalue weighted by molar-refractivity contribution is 6.01. The Bertz CT molecular complexity index is 974. The third kappa shape index (κ3) is 4.50. The van der Waals surface area contributed by atoms with Crippen LogP contribution in [0.2, 0.25) is 0 Å². The van der Waals surface area contributed by atoms with Crippen molar-refractivity contribution >= 4 is 17.8 Å². The van der Waals surface area contributed by atoms with Crippen LogP contribution in [0.15, 0.2) is 35.4 Å². The highest BCUT2D eigenvalue weighted by Crippen LogP contribution is 2.19. The number of imide groups is 1. The molecule has 2 heterocycles. The maximum Gasteiger partial charge on any atom is 0.350 e. The van der Waals surface area contributed by atoms with Crippen LogP contribution >= 0.6 is 0 Å². The van der Waals surface area contributed by atoms with Crippen LogP contribution in [0, 0.1) is 5.92 Å². The van der Waals surface area contributed by atoms with Crippen molar-refractivity contribution in [3.05, 3.63) is 46.6 Å². The molecule has 2 amide bonds. The molecule has 0 N–H and O–H groups in total. The maximum atomic E-state index is 12.7. The predicted octanol–water partition coefficient (Wildman–Crippen LogP) is 2.18. The van der Waals surface area contributed by atoms with Crippen LogP contribution in [-0.4, -0.2) is 37.2 Å². The minimum Gasteiger partial charge on any atom is -0.330 e. The quantitative estimate of drug-likeness (QED) is 0.614. The van der Waals surface area contributed by atoms with Crippen molar-refractivity contribution < 1.29 is 19.2 Å². The second-order valence-corrected chi connectivity index (χ2v) is 7.66. The van der Waals surface area contributed by atoms with E-state index in [0.717, 1.165) is 12.0 Å². The molecule has 0 saturated carbocycles. The molecule has 160 valence electrons. The number of aromatic nitrogens is 3. The first-order valence-electron chi connectivity index (χ1n) is 10.1. The van der Waals surface area contributed by atoms with E-state index < -0.39 is 17.8 Å².